The van der Waals surface area contributed by atoms with E-state index in [4.69, 9.17) is 5.11 Å². The number of hydrogen-bond donors (Lipinski definition) is 3. The number of carbonyl (C=O) groups excluding carboxylic acids is 1. The molecule has 0 aliphatic rings. The Morgan fingerprint density at radius 1 is 1.28 bits per heavy atom. The van der Waals surface area contributed by atoms with Crippen LogP contribution in [0.2, 0.25) is 0 Å². The predicted octanol–water partition coefficient (Wildman–Crippen LogP) is 2.34. The van der Waals surface area contributed by atoms with Gasteiger partial charge in [0.25, 0.3) is 5.91 Å². The highest BCUT2D eigenvalue weighted by molar-refractivity contribution is 7.90. The lowest BCUT2D eigenvalue weighted by atomic mass is 10.2. The van der Waals surface area contributed by atoms with Crippen LogP contribution in [-0.2, 0) is 9.84 Å². The first-order valence-corrected chi connectivity index (χ1v) is 9.45. The van der Waals surface area contributed by atoms with Crippen molar-refractivity contribution in [2.75, 3.05) is 11.6 Å². The summed E-state index contributed by atoms with van der Waals surface area (Å²) in [7, 11) is -3.34. The van der Waals surface area contributed by atoms with Gasteiger partial charge in [-0.15, -0.1) is 0 Å². The standard InChI is InChI=1S/C14H11N3O6S2/c1-25(21,22)8-4-2-7(3-5-8)12(18)15-11-9-6-10(23-14(19)20)24-13(9)17-16-11/h2-6H,1H3,(H,19,20)(H2,15,16,17,18). The lowest BCUT2D eigenvalue weighted by Gasteiger charge is -2.03. The number of rotatable bonds is 4. The highest BCUT2D eigenvalue weighted by Gasteiger charge is 2.16. The lowest BCUT2D eigenvalue weighted by molar-refractivity contribution is 0.102. The average Bonchev–Trinajstić information content (AvgIpc) is 3.07. The molecule has 0 aliphatic carbocycles. The molecule has 2 aromatic heterocycles. The summed E-state index contributed by atoms with van der Waals surface area (Å²) in [6.45, 7) is 0. The number of fused-ring (bicyclic) bond motifs is 1. The maximum absolute atomic E-state index is 12.3. The second-order valence-electron chi connectivity index (χ2n) is 5.00. The van der Waals surface area contributed by atoms with Crippen molar-refractivity contribution in [3.63, 3.8) is 0 Å². The zero-order valence-electron chi connectivity index (χ0n) is 12.6. The van der Waals surface area contributed by atoms with Crippen molar-refractivity contribution >= 4 is 49.3 Å². The summed E-state index contributed by atoms with van der Waals surface area (Å²) >= 11 is 1.03. The molecule has 130 valence electrons. The zero-order chi connectivity index (χ0) is 18.2. The van der Waals surface area contributed by atoms with Crippen LogP contribution in [0, 0.1) is 0 Å². The van der Waals surface area contributed by atoms with Crippen molar-refractivity contribution in [2.24, 2.45) is 0 Å². The molecule has 0 saturated carbocycles. The number of thiophene rings is 1. The molecule has 3 aromatic rings. The monoisotopic (exact) mass is 381 g/mol. The van der Waals surface area contributed by atoms with Crippen LogP contribution in [0.25, 0.3) is 10.2 Å². The number of nitrogens with one attached hydrogen (secondary N) is 2. The number of aromatic nitrogens is 2. The summed E-state index contributed by atoms with van der Waals surface area (Å²) in [5.41, 5.74) is 0.251. The van der Waals surface area contributed by atoms with Crippen LogP contribution in [0.15, 0.2) is 35.2 Å². The first-order valence-electron chi connectivity index (χ1n) is 6.74. The molecule has 25 heavy (non-hydrogen) atoms. The van der Waals surface area contributed by atoms with Gasteiger partial charge >= 0.3 is 6.16 Å². The number of H-pyrrole nitrogens is 1. The fourth-order valence-corrected chi connectivity index (χ4v) is 3.54. The molecule has 3 N–H and O–H groups in total. The molecule has 0 bridgehead atoms. The Kier molecular flexibility index (Phi) is 4.18. The molecular formula is C14H11N3O6S2. The van der Waals surface area contributed by atoms with Crippen LogP contribution < -0.4 is 10.1 Å². The van der Waals surface area contributed by atoms with Gasteiger partial charge in [0.15, 0.2) is 20.7 Å². The lowest BCUT2D eigenvalue weighted by Crippen LogP contribution is -2.12. The van der Waals surface area contributed by atoms with Gasteiger partial charge < -0.3 is 15.2 Å². The van der Waals surface area contributed by atoms with Gasteiger partial charge in [-0.3, -0.25) is 9.89 Å². The molecule has 3 rings (SSSR count). The Bertz CT molecular complexity index is 1070. The smallest absolute Gasteiger partial charge is 0.449 e. The summed E-state index contributed by atoms with van der Waals surface area (Å²) in [5.74, 6) is -0.274. The first-order chi connectivity index (χ1) is 11.7. The maximum Gasteiger partial charge on any atom is 0.512 e. The van der Waals surface area contributed by atoms with Crippen LogP contribution in [0.5, 0.6) is 5.06 Å². The van der Waals surface area contributed by atoms with E-state index in [2.05, 4.69) is 20.3 Å². The third-order valence-electron chi connectivity index (χ3n) is 3.20. The van der Waals surface area contributed by atoms with E-state index in [1.165, 1.54) is 30.3 Å². The highest BCUT2D eigenvalue weighted by atomic mass is 32.2. The van der Waals surface area contributed by atoms with Crippen molar-refractivity contribution in [3.8, 4) is 5.06 Å². The van der Waals surface area contributed by atoms with E-state index in [-0.39, 0.29) is 21.3 Å². The van der Waals surface area contributed by atoms with Gasteiger partial charge in [0.05, 0.1) is 10.3 Å². The van der Waals surface area contributed by atoms with E-state index < -0.39 is 21.9 Å². The number of anilines is 1. The molecule has 0 saturated heterocycles. The van der Waals surface area contributed by atoms with E-state index in [0.29, 0.717) is 10.2 Å². The maximum atomic E-state index is 12.3. The predicted molar refractivity (Wildman–Crippen MR) is 90.1 cm³/mol. The second kappa shape index (κ2) is 6.18. The van der Waals surface area contributed by atoms with Crippen LogP contribution in [0.1, 0.15) is 10.4 Å². The van der Waals surface area contributed by atoms with Crippen molar-refractivity contribution in [2.45, 2.75) is 4.90 Å². The Labute approximate surface area is 145 Å². The van der Waals surface area contributed by atoms with Gasteiger partial charge in [-0.1, -0.05) is 11.3 Å². The normalized spacial score (nSPS) is 11.4. The number of aromatic amines is 1. The Morgan fingerprint density at radius 2 is 1.96 bits per heavy atom. The van der Waals surface area contributed by atoms with E-state index in [9.17, 15) is 18.0 Å². The van der Waals surface area contributed by atoms with Gasteiger partial charge in [0.2, 0.25) is 0 Å². The molecule has 9 nitrogen and oxygen atoms in total. The minimum atomic E-state index is -3.34. The largest absolute Gasteiger partial charge is 0.512 e. The highest BCUT2D eigenvalue weighted by Crippen LogP contribution is 2.34. The number of amides is 1. The number of nitrogens with zero attached hydrogens (tertiary/aromatic N) is 1. The number of hydrogen-bond acceptors (Lipinski definition) is 7. The van der Waals surface area contributed by atoms with Gasteiger partial charge in [-0.25, -0.2) is 13.2 Å². The third kappa shape index (κ3) is 3.61. The summed E-state index contributed by atoms with van der Waals surface area (Å²) in [5, 5.41) is 18.5. The van der Waals surface area contributed by atoms with Crippen LogP contribution in [-0.4, -0.2) is 42.0 Å². The summed E-state index contributed by atoms with van der Waals surface area (Å²) in [4.78, 5) is 23.5. The summed E-state index contributed by atoms with van der Waals surface area (Å²) in [6, 6.07) is 6.91. The fourth-order valence-electron chi connectivity index (χ4n) is 2.06. The molecule has 2 heterocycles. The Morgan fingerprint density at radius 3 is 2.56 bits per heavy atom. The Hall–Kier alpha value is -2.92. The van der Waals surface area contributed by atoms with Crippen LogP contribution in [0.3, 0.4) is 0 Å². The van der Waals surface area contributed by atoms with Gasteiger partial charge in [-0.2, -0.15) is 5.10 Å². The number of ether oxygens (including phenoxy) is 1. The van der Waals surface area contributed by atoms with E-state index in [1.807, 2.05) is 0 Å². The first kappa shape index (κ1) is 16.9. The minimum absolute atomic E-state index is 0.111. The number of carboxylic acid groups (broad SMARTS) is 1. The van der Waals surface area contributed by atoms with Crippen molar-refractivity contribution < 1.29 is 27.9 Å². The number of benzene rings is 1. The summed E-state index contributed by atoms with van der Waals surface area (Å²) < 4.78 is 27.4. The molecule has 1 amide bonds. The molecular weight excluding hydrogens is 370 g/mol. The van der Waals surface area contributed by atoms with E-state index in [1.54, 1.807) is 0 Å². The zero-order valence-corrected chi connectivity index (χ0v) is 14.3. The van der Waals surface area contributed by atoms with Crippen LogP contribution >= 0.6 is 11.3 Å². The minimum Gasteiger partial charge on any atom is -0.449 e. The molecule has 0 radical (unpaired) electrons. The Balaban J connectivity index is 1.82. The van der Waals surface area contributed by atoms with Crippen molar-refractivity contribution in [1.82, 2.24) is 10.2 Å². The van der Waals surface area contributed by atoms with Gasteiger partial charge in [0.1, 0.15) is 4.83 Å². The molecule has 0 aliphatic heterocycles. The second-order valence-corrected chi connectivity index (χ2v) is 8.03. The van der Waals surface area contributed by atoms with E-state index in [0.717, 1.165) is 17.6 Å². The average molecular weight is 381 g/mol. The SMILES string of the molecule is CS(=O)(=O)c1ccc(C(=O)Nc2n[nH]c3sc(OC(=O)O)cc23)cc1. The molecule has 1 aromatic carbocycles. The molecule has 11 heteroatoms. The van der Waals surface area contributed by atoms with Crippen LogP contribution in [0.4, 0.5) is 10.6 Å². The molecule has 0 unspecified atom stereocenters. The van der Waals surface area contributed by atoms with Crippen molar-refractivity contribution in [3.05, 3.63) is 35.9 Å². The van der Waals surface area contributed by atoms with E-state index >= 15 is 0 Å². The third-order valence-corrected chi connectivity index (χ3v) is 5.24. The summed E-state index contributed by atoms with van der Waals surface area (Å²) in [6.07, 6.45) is -0.357. The fraction of sp³-hybridized carbons (Fsp3) is 0.0714. The molecule has 0 atom stereocenters. The van der Waals surface area contributed by atoms with Crippen molar-refractivity contribution in [1.29, 1.82) is 0 Å². The quantitative estimate of drug-likeness (QED) is 0.590. The van der Waals surface area contributed by atoms with Gasteiger partial charge in [-0.05, 0) is 24.3 Å². The van der Waals surface area contributed by atoms with Gasteiger partial charge in [0, 0.05) is 17.9 Å². The number of carbonyl (C=O) groups is 2. The topological polar surface area (TPSA) is 138 Å². The number of sulfone groups is 1. The molecule has 0 fully saturated rings. The molecule has 0 spiro atoms.